The Morgan fingerprint density at radius 3 is 2.74 bits per heavy atom. The average Bonchev–Trinajstić information content (AvgIpc) is 3.17. The highest BCUT2D eigenvalue weighted by molar-refractivity contribution is 5.97. The zero-order chi connectivity index (χ0) is 15.9. The van der Waals surface area contributed by atoms with E-state index in [1.54, 1.807) is 4.68 Å². The Balaban J connectivity index is 1.55. The standard InChI is InChI=1S/C18H24N4O/c1-22-15-8-7-13(12-14(15)20-21-22)17(23)19-16-6-2-3-9-18(16)10-4-5-11-18/h7-8,12,16H,2-6,9-11H2,1H3,(H,19,23)/t16-/m1/s1. The van der Waals surface area contributed by atoms with Crippen molar-refractivity contribution in [3.63, 3.8) is 0 Å². The van der Waals surface area contributed by atoms with Gasteiger partial charge in [0, 0.05) is 18.7 Å². The minimum Gasteiger partial charge on any atom is -0.349 e. The maximum atomic E-state index is 12.7. The summed E-state index contributed by atoms with van der Waals surface area (Å²) in [7, 11) is 1.86. The molecule has 0 bridgehead atoms. The summed E-state index contributed by atoms with van der Waals surface area (Å²) in [5, 5.41) is 11.5. The number of nitrogens with one attached hydrogen (secondary N) is 1. The lowest BCUT2D eigenvalue weighted by molar-refractivity contribution is 0.0805. The highest BCUT2D eigenvalue weighted by atomic mass is 16.1. The molecule has 1 aromatic heterocycles. The number of carbonyl (C=O) groups excluding carboxylic acids is 1. The first kappa shape index (κ1) is 14.7. The summed E-state index contributed by atoms with van der Waals surface area (Å²) in [6.45, 7) is 0. The van der Waals surface area contributed by atoms with E-state index in [4.69, 9.17) is 0 Å². The van der Waals surface area contributed by atoms with Gasteiger partial charge >= 0.3 is 0 Å². The third-order valence-corrected chi connectivity index (χ3v) is 5.93. The van der Waals surface area contributed by atoms with Gasteiger partial charge in [-0.25, -0.2) is 4.68 Å². The minimum atomic E-state index is 0.0377. The molecule has 1 spiro atoms. The van der Waals surface area contributed by atoms with E-state index >= 15 is 0 Å². The second-order valence-electron chi connectivity index (χ2n) is 7.26. The molecule has 0 saturated heterocycles. The van der Waals surface area contributed by atoms with Crippen molar-refractivity contribution < 1.29 is 4.79 Å². The van der Waals surface area contributed by atoms with Gasteiger partial charge in [0.05, 0.1) is 5.52 Å². The highest BCUT2D eigenvalue weighted by Crippen LogP contribution is 2.49. The van der Waals surface area contributed by atoms with Crippen molar-refractivity contribution in [3.8, 4) is 0 Å². The van der Waals surface area contributed by atoms with Gasteiger partial charge in [-0.1, -0.05) is 30.9 Å². The normalized spacial score (nSPS) is 23.4. The Bertz CT molecular complexity index is 730. The fraction of sp³-hybridized carbons (Fsp3) is 0.611. The van der Waals surface area contributed by atoms with Gasteiger partial charge in [0.25, 0.3) is 5.91 Å². The second-order valence-corrected chi connectivity index (χ2v) is 7.26. The van der Waals surface area contributed by atoms with Crippen LogP contribution < -0.4 is 5.32 Å². The van der Waals surface area contributed by atoms with Gasteiger partial charge in [0.1, 0.15) is 5.52 Å². The molecular formula is C18H24N4O. The van der Waals surface area contributed by atoms with E-state index < -0.39 is 0 Å². The molecule has 5 heteroatoms. The molecule has 1 amide bonds. The Labute approximate surface area is 136 Å². The number of fused-ring (bicyclic) bond motifs is 1. The number of amides is 1. The Hall–Kier alpha value is -1.91. The fourth-order valence-electron chi connectivity index (χ4n) is 4.63. The summed E-state index contributed by atoms with van der Waals surface area (Å²) in [5.74, 6) is 0.0377. The number of aryl methyl sites for hydroxylation is 1. The zero-order valence-corrected chi connectivity index (χ0v) is 13.7. The largest absolute Gasteiger partial charge is 0.349 e. The number of nitrogens with zero attached hydrogens (tertiary/aromatic N) is 3. The van der Waals surface area contributed by atoms with Crippen LogP contribution in [0.5, 0.6) is 0 Å². The van der Waals surface area contributed by atoms with Gasteiger partial charge in [0.15, 0.2) is 0 Å². The van der Waals surface area contributed by atoms with Crippen molar-refractivity contribution in [3.05, 3.63) is 23.8 Å². The zero-order valence-electron chi connectivity index (χ0n) is 13.7. The maximum absolute atomic E-state index is 12.7. The van der Waals surface area contributed by atoms with E-state index in [2.05, 4.69) is 15.6 Å². The molecule has 1 atom stereocenters. The summed E-state index contributed by atoms with van der Waals surface area (Å²) in [6, 6.07) is 5.99. The summed E-state index contributed by atoms with van der Waals surface area (Å²) in [6.07, 6.45) is 10.1. The Kier molecular flexibility index (Phi) is 3.58. The molecular weight excluding hydrogens is 288 g/mol. The third kappa shape index (κ3) is 2.52. The van der Waals surface area contributed by atoms with Crippen molar-refractivity contribution in [2.45, 2.75) is 57.4 Å². The topological polar surface area (TPSA) is 59.8 Å². The number of rotatable bonds is 2. The predicted molar refractivity (Wildman–Crippen MR) is 89.1 cm³/mol. The lowest BCUT2D eigenvalue weighted by Gasteiger charge is -2.42. The number of carbonyl (C=O) groups is 1. The number of hydrogen-bond donors (Lipinski definition) is 1. The van der Waals surface area contributed by atoms with Gasteiger partial charge in [-0.05, 0) is 49.3 Å². The monoisotopic (exact) mass is 312 g/mol. The van der Waals surface area contributed by atoms with E-state index in [0.717, 1.165) is 17.5 Å². The molecule has 1 heterocycles. The van der Waals surface area contributed by atoms with Crippen molar-refractivity contribution >= 4 is 16.9 Å². The van der Waals surface area contributed by atoms with Crippen molar-refractivity contribution in [1.82, 2.24) is 20.3 Å². The van der Waals surface area contributed by atoms with Gasteiger partial charge < -0.3 is 5.32 Å². The molecule has 122 valence electrons. The molecule has 1 N–H and O–H groups in total. The second kappa shape index (κ2) is 5.62. The number of aromatic nitrogens is 3. The molecule has 2 aliphatic carbocycles. The van der Waals surface area contributed by atoms with Gasteiger partial charge in [-0.2, -0.15) is 0 Å². The summed E-state index contributed by atoms with van der Waals surface area (Å²) in [5.41, 5.74) is 2.78. The van der Waals surface area contributed by atoms with Gasteiger partial charge in [0.2, 0.25) is 0 Å². The third-order valence-electron chi connectivity index (χ3n) is 5.93. The molecule has 0 aliphatic heterocycles. The van der Waals surface area contributed by atoms with E-state index in [1.165, 1.54) is 44.9 Å². The van der Waals surface area contributed by atoms with Crippen LogP contribution >= 0.6 is 0 Å². The molecule has 2 aliphatic rings. The quantitative estimate of drug-likeness (QED) is 0.926. The number of hydrogen-bond acceptors (Lipinski definition) is 3. The first-order valence-electron chi connectivity index (χ1n) is 8.78. The van der Waals surface area contributed by atoms with Crippen LogP contribution in [0.2, 0.25) is 0 Å². The number of benzene rings is 1. The SMILES string of the molecule is Cn1nnc2cc(C(=O)N[C@@H]3CCCCC34CCCC4)ccc21. The molecule has 2 aromatic rings. The molecule has 0 unspecified atom stereocenters. The van der Waals surface area contributed by atoms with Crippen LogP contribution in [0.3, 0.4) is 0 Å². The summed E-state index contributed by atoms with van der Waals surface area (Å²) >= 11 is 0. The Morgan fingerprint density at radius 1 is 1.22 bits per heavy atom. The molecule has 4 rings (SSSR count). The van der Waals surface area contributed by atoms with Crippen LogP contribution in [0.4, 0.5) is 0 Å². The van der Waals surface area contributed by atoms with Gasteiger partial charge in [-0.3, -0.25) is 4.79 Å². The fourth-order valence-corrected chi connectivity index (χ4v) is 4.63. The van der Waals surface area contributed by atoms with Crippen LogP contribution in [0, 0.1) is 5.41 Å². The highest BCUT2D eigenvalue weighted by Gasteiger charge is 2.43. The van der Waals surface area contributed by atoms with E-state index in [1.807, 2.05) is 25.2 Å². The summed E-state index contributed by atoms with van der Waals surface area (Å²) in [4.78, 5) is 12.7. The van der Waals surface area contributed by atoms with Crippen LogP contribution in [0.25, 0.3) is 11.0 Å². The van der Waals surface area contributed by atoms with Gasteiger partial charge in [-0.15, -0.1) is 5.10 Å². The van der Waals surface area contributed by atoms with Crippen molar-refractivity contribution in [1.29, 1.82) is 0 Å². The summed E-state index contributed by atoms with van der Waals surface area (Å²) < 4.78 is 1.73. The lowest BCUT2D eigenvalue weighted by atomic mass is 9.69. The van der Waals surface area contributed by atoms with E-state index in [-0.39, 0.29) is 5.91 Å². The van der Waals surface area contributed by atoms with Crippen LogP contribution in [-0.2, 0) is 7.05 Å². The minimum absolute atomic E-state index is 0.0377. The van der Waals surface area contributed by atoms with Crippen molar-refractivity contribution in [2.24, 2.45) is 12.5 Å². The molecule has 23 heavy (non-hydrogen) atoms. The van der Waals surface area contributed by atoms with Crippen molar-refractivity contribution in [2.75, 3.05) is 0 Å². The van der Waals surface area contributed by atoms with E-state index in [0.29, 0.717) is 17.0 Å². The van der Waals surface area contributed by atoms with E-state index in [9.17, 15) is 4.79 Å². The molecule has 2 fully saturated rings. The first-order chi connectivity index (χ1) is 11.2. The molecule has 2 saturated carbocycles. The smallest absolute Gasteiger partial charge is 0.251 e. The van der Waals surface area contributed by atoms with Crippen LogP contribution in [0.1, 0.15) is 61.7 Å². The Morgan fingerprint density at radius 2 is 1.96 bits per heavy atom. The lowest BCUT2D eigenvalue weighted by Crippen LogP contribution is -2.48. The molecule has 1 aromatic carbocycles. The molecule has 5 nitrogen and oxygen atoms in total. The predicted octanol–water partition coefficient (Wildman–Crippen LogP) is 3.20. The van der Waals surface area contributed by atoms with Crippen LogP contribution in [0.15, 0.2) is 18.2 Å². The van der Waals surface area contributed by atoms with Crippen LogP contribution in [-0.4, -0.2) is 26.9 Å². The molecule has 0 radical (unpaired) electrons. The average molecular weight is 312 g/mol. The maximum Gasteiger partial charge on any atom is 0.251 e. The first-order valence-corrected chi connectivity index (χ1v) is 8.78.